The molecule has 1 aliphatic heterocycles. The number of anilines is 1. The van der Waals surface area contributed by atoms with Crippen LogP contribution < -0.4 is 10.1 Å². The molecule has 4 nitrogen and oxygen atoms in total. The normalized spacial score (nSPS) is 18.8. The summed E-state index contributed by atoms with van der Waals surface area (Å²) < 4.78 is 5.79. The maximum atomic E-state index is 12.4. The zero-order valence-corrected chi connectivity index (χ0v) is 11.8. The summed E-state index contributed by atoms with van der Waals surface area (Å²) in [7, 11) is 1.85. The molecular formula is C15H22N2O2. The molecule has 104 valence electrons. The Labute approximate surface area is 114 Å². The predicted octanol–water partition coefficient (Wildman–Crippen LogP) is 2.51. The lowest BCUT2D eigenvalue weighted by Gasteiger charge is -2.32. The lowest BCUT2D eigenvalue weighted by Crippen LogP contribution is -2.48. The van der Waals surface area contributed by atoms with Crippen molar-refractivity contribution in [1.29, 1.82) is 0 Å². The lowest BCUT2D eigenvalue weighted by molar-refractivity contribution is -0.138. The largest absolute Gasteiger partial charge is 0.477 e. The van der Waals surface area contributed by atoms with E-state index in [1.165, 1.54) is 0 Å². The maximum absolute atomic E-state index is 12.4. The number of carbonyl (C=O) groups excluding carboxylic acids is 1. The quantitative estimate of drug-likeness (QED) is 0.906. The molecule has 0 fully saturated rings. The number of para-hydroxylation sites is 2. The molecule has 0 radical (unpaired) electrons. The summed E-state index contributed by atoms with van der Waals surface area (Å²) >= 11 is 0. The molecule has 2 rings (SSSR count). The van der Waals surface area contributed by atoms with E-state index in [-0.39, 0.29) is 11.9 Å². The molecule has 0 aromatic heterocycles. The Bertz CT molecular complexity index is 448. The third-order valence-electron chi connectivity index (χ3n) is 3.62. The maximum Gasteiger partial charge on any atom is 0.265 e. The van der Waals surface area contributed by atoms with Gasteiger partial charge in [0.05, 0.1) is 12.2 Å². The van der Waals surface area contributed by atoms with Gasteiger partial charge in [0.25, 0.3) is 5.91 Å². The van der Waals surface area contributed by atoms with E-state index >= 15 is 0 Å². The highest BCUT2D eigenvalue weighted by Gasteiger charge is 2.29. The van der Waals surface area contributed by atoms with E-state index in [0.717, 1.165) is 24.3 Å². The number of nitrogens with one attached hydrogen (secondary N) is 1. The minimum absolute atomic E-state index is 0.0444. The highest BCUT2D eigenvalue weighted by atomic mass is 16.5. The second kappa shape index (κ2) is 5.95. The molecule has 0 spiro atoms. The molecule has 1 aromatic carbocycles. The minimum atomic E-state index is -0.431. The SMILES string of the molecule is CCCC(C)N(C)C(=O)C1CNc2ccccc2O1. The van der Waals surface area contributed by atoms with Gasteiger partial charge < -0.3 is 15.0 Å². The van der Waals surface area contributed by atoms with Crippen LogP contribution >= 0.6 is 0 Å². The number of likely N-dealkylation sites (N-methyl/N-ethyl adjacent to an activating group) is 1. The molecule has 2 unspecified atom stereocenters. The Morgan fingerprint density at radius 2 is 2.26 bits per heavy atom. The van der Waals surface area contributed by atoms with Crippen LogP contribution in [0.3, 0.4) is 0 Å². The van der Waals surface area contributed by atoms with Crippen molar-refractivity contribution < 1.29 is 9.53 Å². The number of hydrogen-bond donors (Lipinski definition) is 1. The lowest BCUT2D eigenvalue weighted by atomic mass is 10.1. The van der Waals surface area contributed by atoms with Gasteiger partial charge in [0, 0.05) is 13.1 Å². The number of ether oxygens (including phenoxy) is 1. The summed E-state index contributed by atoms with van der Waals surface area (Å²) in [4.78, 5) is 14.2. The van der Waals surface area contributed by atoms with E-state index < -0.39 is 6.10 Å². The zero-order valence-electron chi connectivity index (χ0n) is 11.8. The fraction of sp³-hybridized carbons (Fsp3) is 0.533. The smallest absolute Gasteiger partial charge is 0.265 e. The van der Waals surface area contributed by atoms with Gasteiger partial charge in [0.15, 0.2) is 6.10 Å². The van der Waals surface area contributed by atoms with E-state index in [9.17, 15) is 4.79 Å². The van der Waals surface area contributed by atoms with Gasteiger partial charge in [-0.15, -0.1) is 0 Å². The van der Waals surface area contributed by atoms with Crippen LogP contribution in [0.4, 0.5) is 5.69 Å². The number of rotatable bonds is 4. The molecule has 0 bridgehead atoms. The Morgan fingerprint density at radius 3 is 3.00 bits per heavy atom. The third kappa shape index (κ3) is 3.00. The van der Waals surface area contributed by atoms with Gasteiger partial charge in [0.2, 0.25) is 0 Å². The number of benzene rings is 1. The average molecular weight is 262 g/mol. The van der Waals surface area contributed by atoms with Gasteiger partial charge in [-0.25, -0.2) is 0 Å². The monoisotopic (exact) mass is 262 g/mol. The fourth-order valence-electron chi connectivity index (χ4n) is 2.31. The van der Waals surface area contributed by atoms with Gasteiger partial charge in [-0.1, -0.05) is 25.5 Å². The summed E-state index contributed by atoms with van der Waals surface area (Å²) in [6, 6.07) is 7.96. The van der Waals surface area contributed by atoms with Crippen LogP contribution in [0.25, 0.3) is 0 Å². The summed E-state index contributed by atoms with van der Waals surface area (Å²) in [5.74, 6) is 0.798. The molecule has 4 heteroatoms. The molecule has 1 aromatic rings. The summed E-state index contributed by atoms with van der Waals surface area (Å²) in [6.45, 7) is 4.73. The van der Waals surface area contributed by atoms with Crippen molar-refractivity contribution in [1.82, 2.24) is 4.90 Å². The van der Waals surface area contributed by atoms with Crippen LogP contribution in [-0.4, -0.2) is 36.5 Å². The van der Waals surface area contributed by atoms with Crippen LogP contribution in [0.2, 0.25) is 0 Å². The number of amides is 1. The van der Waals surface area contributed by atoms with Crippen molar-refractivity contribution >= 4 is 11.6 Å². The van der Waals surface area contributed by atoms with E-state index in [0.29, 0.717) is 6.54 Å². The second-order valence-corrected chi connectivity index (χ2v) is 5.07. The van der Waals surface area contributed by atoms with Crippen molar-refractivity contribution in [2.24, 2.45) is 0 Å². The van der Waals surface area contributed by atoms with E-state index in [1.807, 2.05) is 31.3 Å². The van der Waals surface area contributed by atoms with Gasteiger partial charge in [-0.2, -0.15) is 0 Å². The van der Waals surface area contributed by atoms with Crippen LogP contribution in [0.1, 0.15) is 26.7 Å². The Kier molecular flexibility index (Phi) is 4.30. The van der Waals surface area contributed by atoms with E-state index in [1.54, 1.807) is 4.90 Å². The van der Waals surface area contributed by atoms with Gasteiger partial charge >= 0.3 is 0 Å². The Morgan fingerprint density at radius 1 is 1.53 bits per heavy atom. The first-order valence-corrected chi connectivity index (χ1v) is 6.89. The first-order valence-electron chi connectivity index (χ1n) is 6.89. The number of nitrogens with zero attached hydrogens (tertiary/aromatic N) is 1. The van der Waals surface area contributed by atoms with Crippen LogP contribution in [-0.2, 0) is 4.79 Å². The molecule has 1 amide bonds. The third-order valence-corrected chi connectivity index (χ3v) is 3.62. The van der Waals surface area contributed by atoms with Crippen molar-refractivity contribution in [2.45, 2.75) is 38.8 Å². The number of carbonyl (C=O) groups is 1. The molecule has 0 saturated carbocycles. The van der Waals surface area contributed by atoms with Crippen molar-refractivity contribution in [2.75, 3.05) is 18.9 Å². The molecule has 0 aliphatic carbocycles. The van der Waals surface area contributed by atoms with Crippen LogP contribution in [0.5, 0.6) is 5.75 Å². The zero-order chi connectivity index (χ0) is 13.8. The topological polar surface area (TPSA) is 41.6 Å². The highest BCUT2D eigenvalue weighted by Crippen LogP contribution is 2.28. The van der Waals surface area contributed by atoms with Crippen molar-refractivity contribution in [3.05, 3.63) is 24.3 Å². The standard InChI is InChI=1S/C15H22N2O2/c1-4-7-11(2)17(3)15(18)14-10-16-12-8-5-6-9-13(12)19-14/h5-6,8-9,11,14,16H,4,7,10H2,1-3H3. The van der Waals surface area contributed by atoms with Gasteiger partial charge in [-0.05, 0) is 25.5 Å². The Hall–Kier alpha value is -1.71. The first kappa shape index (κ1) is 13.7. The summed E-state index contributed by atoms with van der Waals surface area (Å²) in [5, 5.41) is 3.25. The Balaban J connectivity index is 2.02. The molecule has 1 heterocycles. The number of fused-ring (bicyclic) bond motifs is 1. The van der Waals surface area contributed by atoms with Gasteiger partial charge in [0.1, 0.15) is 5.75 Å². The van der Waals surface area contributed by atoms with E-state index in [4.69, 9.17) is 4.74 Å². The van der Waals surface area contributed by atoms with Gasteiger partial charge in [-0.3, -0.25) is 4.79 Å². The molecule has 2 atom stereocenters. The van der Waals surface area contributed by atoms with E-state index in [2.05, 4.69) is 19.2 Å². The molecule has 0 saturated heterocycles. The second-order valence-electron chi connectivity index (χ2n) is 5.07. The predicted molar refractivity (Wildman–Crippen MR) is 76.5 cm³/mol. The first-order chi connectivity index (χ1) is 9.13. The van der Waals surface area contributed by atoms with Crippen LogP contribution in [0.15, 0.2) is 24.3 Å². The highest BCUT2D eigenvalue weighted by molar-refractivity contribution is 5.83. The summed E-state index contributed by atoms with van der Waals surface area (Å²) in [6.07, 6.45) is 1.66. The minimum Gasteiger partial charge on any atom is -0.477 e. The molecule has 1 N–H and O–H groups in total. The fourth-order valence-corrected chi connectivity index (χ4v) is 2.31. The molecule has 19 heavy (non-hydrogen) atoms. The van der Waals surface area contributed by atoms with Crippen molar-refractivity contribution in [3.8, 4) is 5.75 Å². The number of hydrogen-bond acceptors (Lipinski definition) is 3. The molecular weight excluding hydrogens is 240 g/mol. The summed E-state index contributed by atoms with van der Waals surface area (Å²) in [5.41, 5.74) is 0.954. The van der Waals surface area contributed by atoms with Crippen molar-refractivity contribution in [3.63, 3.8) is 0 Å². The molecule has 1 aliphatic rings. The van der Waals surface area contributed by atoms with Crippen LogP contribution in [0, 0.1) is 0 Å². The average Bonchev–Trinajstić information content (AvgIpc) is 2.45.